The molecule has 12 nitrogen and oxygen atoms in total. The number of aromatic nitrogens is 2. The maximum atomic E-state index is 13.3. The van der Waals surface area contributed by atoms with E-state index >= 15 is 0 Å². The molecule has 2 aromatic rings. The van der Waals surface area contributed by atoms with Crippen molar-refractivity contribution < 1.29 is 18.0 Å². The van der Waals surface area contributed by atoms with Crippen molar-refractivity contribution in [2.75, 3.05) is 24.6 Å². The molecule has 2 aliphatic heterocycles. The Labute approximate surface area is 231 Å². The molecular formula is C25H31ClN8O4S. The van der Waals surface area contributed by atoms with Gasteiger partial charge in [0.15, 0.2) is 22.5 Å². The number of nitrogen functional groups attached to an aromatic ring is 2. The number of amides is 2. The highest BCUT2D eigenvalue weighted by molar-refractivity contribution is 7.89. The lowest BCUT2D eigenvalue weighted by molar-refractivity contribution is 0.0672. The number of nitrogens with one attached hydrogen (secondary N) is 2. The summed E-state index contributed by atoms with van der Waals surface area (Å²) in [6.07, 6.45) is 6.22. The van der Waals surface area contributed by atoms with Gasteiger partial charge in [-0.15, -0.1) is 0 Å². The molecule has 0 bridgehead atoms. The van der Waals surface area contributed by atoms with Gasteiger partial charge in [0, 0.05) is 31.1 Å². The Morgan fingerprint density at radius 1 is 1.05 bits per heavy atom. The van der Waals surface area contributed by atoms with Crippen LogP contribution in [0, 0.1) is 0 Å². The maximum Gasteiger partial charge on any atom is 0.279 e. The quantitative estimate of drug-likeness (QED) is 0.418. The lowest BCUT2D eigenvalue weighted by Crippen LogP contribution is -2.45. The average molecular weight is 575 g/mol. The van der Waals surface area contributed by atoms with Crippen LogP contribution < -0.4 is 21.5 Å². The minimum atomic E-state index is -3.69. The van der Waals surface area contributed by atoms with E-state index in [0.717, 1.165) is 32.1 Å². The smallest absolute Gasteiger partial charge is 0.279 e. The van der Waals surface area contributed by atoms with Crippen LogP contribution in [0.15, 0.2) is 34.2 Å². The fraction of sp³-hybridized carbons (Fsp3) is 0.480. The summed E-state index contributed by atoms with van der Waals surface area (Å²) < 4.78 is 28.5. The molecule has 5 rings (SSSR count). The van der Waals surface area contributed by atoms with E-state index in [9.17, 15) is 18.0 Å². The fourth-order valence-electron chi connectivity index (χ4n) is 5.44. The number of aliphatic imine (C=N–C) groups is 1. The third-order valence-electron chi connectivity index (χ3n) is 7.63. The van der Waals surface area contributed by atoms with Crippen molar-refractivity contribution in [3.8, 4) is 0 Å². The van der Waals surface area contributed by atoms with Crippen LogP contribution in [0.2, 0.25) is 5.15 Å². The van der Waals surface area contributed by atoms with Crippen LogP contribution in [-0.2, 0) is 10.0 Å². The second-order valence-corrected chi connectivity index (χ2v) is 12.4. The molecule has 1 saturated heterocycles. The normalized spacial score (nSPS) is 19.3. The molecule has 6 N–H and O–H groups in total. The Kier molecular flexibility index (Phi) is 7.49. The number of amidine groups is 1. The van der Waals surface area contributed by atoms with E-state index < -0.39 is 15.9 Å². The topological polar surface area (TPSA) is 186 Å². The number of piperidine rings is 1. The Balaban J connectivity index is 1.21. The zero-order chi connectivity index (χ0) is 27.8. The van der Waals surface area contributed by atoms with Crippen molar-refractivity contribution in [1.82, 2.24) is 24.9 Å². The molecule has 3 heterocycles. The molecule has 208 valence electrons. The number of sulfonamides is 1. The molecule has 3 aliphatic rings. The minimum absolute atomic E-state index is 0.0520. The van der Waals surface area contributed by atoms with Gasteiger partial charge in [0.1, 0.15) is 5.84 Å². The summed E-state index contributed by atoms with van der Waals surface area (Å²) in [5.74, 6) is -0.448. The minimum Gasteiger partial charge on any atom is -0.382 e. The lowest BCUT2D eigenvalue weighted by atomic mass is 9.86. The summed E-state index contributed by atoms with van der Waals surface area (Å²) in [7, 11) is -3.69. The average Bonchev–Trinajstić information content (AvgIpc) is 3.56. The second-order valence-electron chi connectivity index (χ2n) is 10.3. The molecular weight excluding hydrogens is 544 g/mol. The van der Waals surface area contributed by atoms with Crippen molar-refractivity contribution in [3.63, 3.8) is 0 Å². The number of halogens is 1. The van der Waals surface area contributed by atoms with Gasteiger partial charge in [0.05, 0.1) is 10.4 Å². The first-order chi connectivity index (χ1) is 18.6. The van der Waals surface area contributed by atoms with Crippen LogP contribution in [0.5, 0.6) is 0 Å². The zero-order valence-corrected chi connectivity index (χ0v) is 22.9. The predicted molar refractivity (Wildman–Crippen MR) is 147 cm³/mol. The van der Waals surface area contributed by atoms with Gasteiger partial charge >= 0.3 is 0 Å². The summed E-state index contributed by atoms with van der Waals surface area (Å²) in [4.78, 5) is 40.3. The number of hydrogen-bond acceptors (Lipinski definition) is 9. The molecule has 39 heavy (non-hydrogen) atoms. The van der Waals surface area contributed by atoms with Gasteiger partial charge in [0.25, 0.3) is 11.8 Å². The number of carbonyl (C=O) groups is 2. The number of nitrogens with two attached hydrogens (primary N) is 2. The van der Waals surface area contributed by atoms with Crippen molar-refractivity contribution in [1.29, 1.82) is 0 Å². The van der Waals surface area contributed by atoms with Gasteiger partial charge in [-0.25, -0.2) is 23.1 Å². The van der Waals surface area contributed by atoms with E-state index in [-0.39, 0.29) is 44.9 Å². The third kappa shape index (κ3) is 5.85. The predicted octanol–water partition coefficient (Wildman–Crippen LogP) is 2.11. The third-order valence-corrected chi connectivity index (χ3v) is 9.42. The molecule has 1 spiro atoms. The number of carbonyl (C=O) groups excluding carboxylic acids is 2. The van der Waals surface area contributed by atoms with E-state index in [1.165, 1.54) is 12.1 Å². The number of rotatable bonds is 5. The molecule has 0 unspecified atom stereocenters. The highest BCUT2D eigenvalue weighted by Gasteiger charge is 2.40. The van der Waals surface area contributed by atoms with Gasteiger partial charge in [-0.05, 0) is 50.3 Å². The van der Waals surface area contributed by atoms with E-state index in [0.29, 0.717) is 43.8 Å². The van der Waals surface area contributed by atoms with Gasteiger partial charge in [-0.1, -0.05) is 30.5 Å². The Bertz CT molecular complexity index is 1430. The first-order valence-electron chi connectivity index (χ1n) is 13.0. The van der Waals surface area contributed by atoms with E-state index in [2.05, 4.69) is 20.0 Å². The van der Waals surface area contributed by atoms with Crippen molar-refractivity contribution in [2.24, 2.45) is 4.99 Å². The van der Waals surface area contributed by atoms with E-state index in [1.54, 1.807) is 17.0 Å². The zero-order valence-electron chi connectivity index (χ0n) is 21.3. The van der Waals surface area contributed by atoms with Crippen LogP contribution in [-0.4, -0.2) is 65.6 Å². The molecule has 14 heteroatoms. The van der Waals surface area contributed by atoms with Crippen molar-refractivity contribution in [3.05, 3.63) is 40.7 Å². The number of likely N-dealkylation sites (tertiary alicyclic amines) is 1. The number of benzene rings is 1. The first-order valence-corrected chi connectivity index (χ1v) is 14.8. The Hall–Kier alpha value is -3.29. The summed E-state index contributed by atoms with van der Waals surface area (Å²) in [6, 6.07) is 6.15. The molecule has 0 radical (unpaired) electrons. The maximum absolute atomic E-state index is 13.3. The van der Waals surface area contributed by atoms with E-state index in [4.69, 9.17) is 28.1 Å². The highest BCUT2D eigenvalue weighted by atomic mass is 35.5. The molecule has 1 aromatic heterocycles. The van der Waals surface area contributed by atoms with Crippen molar-refractivity contribution in [2.45, 2.75) is 67.8 Å². The highest BCUT2D eigenvalue weighted by Crippen LogP contribution is 2.36. The monoisotopic (exact) mass is 574 g/mol. The van der Waals surface area contributed by atoms with E-state index in [1.807, 2.05) is 0 Å². The second kappa shape index (κ2) is 10.7. The fourth-order valence-corrected chi connectivity index (χ4v) is 6.91. The standard InChI is InChI=1S/C25H31ClN8O4S/c26-20-22(28)31-21(27)19(30-20)23(35)29-18-8-9-25(32-18)10-12-34(13-11-25)24(36)15-4-3-7-17(14-15)39(37,38)33-16-5-1-2-6-16/h3-4,7,14,16,33H,1-2,5-6,8-13H2,(H4,27,28,31)(H,29,32,35). The summed E-state index contributed by atoms with van der Waals surface area (Å²) in [5.41, 5.74) is 11.2. The van der Waals surface area contributed by atoms with Crippen molar-refractivity contribution >= 4 is 50.9 Å². The molecule has 0 atom stereocenters. The lowest BCUT2D eigenvalue weighted by Gasteiger charge is -2.37. The molecule has 1 aliphatic carbocycles. The molecule has 1 aromatic carbocycles. The van der Waals surface area contributed by atoms with Crippen LogP contribution in [0.3, 0.4) is 0 Å². The van der Waals surface area contributed by atoms with Crippen LogP contribution >= 0.6 is 11.6 Å². The van der Waals surface area contributed by atoms with Gasteiger partial charge in [-0.3, -0.25) is 14.6 Å². The SMILES string of the molecule is Nc1nc(N)c(C(=O)NC2=NC3(CC2)CCN(C(=O)c2cccc(S(=O)(=O)NC4CCCC4)c2)CC3)nc1Cl. The number of hydrogen-bond donors (Lipinski definition) is 4. The molecule has 2 amide bonds. The Morgan fingerprint density at radius 2 is 1.77 bits per heavy atom. The van der Waals surface area contributed by atoms with Crippen LogP contribution in [0.25, 0.3) is 0 Å². The molecule has 2 fully saturated rings. The van der Waals surface area contributed by atoms with Crippen LogP contribution in [0.1, 0.15) is 72.2 Å². The first kappa shape index (κ1) is 27.3. The number of nitrogens with zero attached hydrogens (tertiary/aromatic N) is 4. The van der Waals surface area contributed by atoms with Gasteiger partial charge in [-0.2, -0.15) is 0 Å². The molecule has 1 saturated carbocycles. The summed E-state index contributed by atoms with van der Waals surface area (Å²) in [6.45, 7) is 0.930. The largest absolute Gasteiger partial charge is 0.382 e. The van der Waals surface area contributed by atoms with Gasteiger partial charge in [0.2, 0.25) is 10.0 Å². The van der Waals surface area contributed by atoms with Gasteiger partial charge < -0.3 is 21.7 Å². The van der Waals surface area contributed by atoms with Crippen LogP contribution in [0.4, 0.5) is 11.6 Å². The number of anilines is 2. The summed E-state index contributed by atoms with van der Waals surface area (Å²) in [5, 5.41) is 2.64. The summed E-state index contributed by atoms with van der Waals surface area (Å²) >= 11 is 5.88. The Morgan fingerprint density at radius 3 is 2.49 bits per heavy atom.